The number of rotatable bonds is 6. The number of aromatic nitrogens is 3. The molecule has 0 fully saturated rings. The van der Waals surface area contributed by atoms with Gasteiger partial charge in [0, 0.05) is 19.7 Å². The summed E-state index contributed by atoms with van der Waals surface area (Å²) in [6, 6.07) is 3.50. The topological polar surface area (TPSA) is 124 Å². The summed E-state index contributed by atoms with van der Waals surface area (Å²) in [7, 11) is 1.58. The highest BCUT2D eigenvalue weighted by atomic mass is 16.5. The van der Waals surface area contributed by atoms with E-state index in [1.54, 1.807) is 39.2 Å². The molecular weight excluding hydrogens is 384 g/mol. The minimum Gasteiger partial charge on any atom is -0.463 e. The maximum absolute atomic E-state index is 12.6. The van der Waals surface area contributed by atoms with E-state index in [1.165, 1.54) is 17.3 Å². The van der Waals surface area contributed by atoms with Gasteiger partial charge in [-0.3, -0.25) is 19.5 Å². The third-order valence-corrected chi connectivity index (χ3v) is 4.70. The van der Waals surface area contributed by atoms with Crippen LogP contribution in [0, 0.1) is 11.8 Å². The SMILES string of the molecule is CC#CCOc1cnc(C(=O)Cc2ccnc(C3(C)CC(=O)N(C)C(N)=N3)c2)cn1. The molecule has 3 rings (SSSR count). The molecule has 1 amide bonds. The molecule has 0 saturated carbocycles. The van der Waals surface area contributed by atoms with Crippen molar-refractivity contribution in [3.8, 4) is 17.7 Å². The molecule has 1 aliphatic rings. The van der Waals surface area contributed by atoms with Gasteiger partial charge in [0.1, 0.15) is 11.2 Å². The Kier molecular flexibility index (Phi) is 6.06. The zero-order valence-electron chi connectivity index (χ0n) is 17.0. The van der Waals surface area contributed by atoms with Crippen LogP contribution in [0.1, 0.15) is 42.0 Å². The molecule has 2 aromatic rings. The second kappa shape index (κ2) is 8.69. The molecule has 2 N–H and O–H groups in total. The number of Topliss-reactive ketones (excluding diaryl/α,β-unsaturated/α-hetero) is 1. The summed E-state index contributed by atoms with van der Waals surface area (Å²) in [6.07, 6.45) is 4.61. The molecule has 1 atom stereocenters. The smallest absolute Gasteiger partial charge is 0.233 e. The van der Waals surface area contributed by atoms with Gasteiger partial charge in [0.15, 0.2) is 18.3 Å². The van der Waals surface area contributed by atoms with Crippen molar-refractivity contribution >= 4 is 17.6 Å². The fourth-order valence-corrected chi connectivity index (χ4v) is 2.93. The normalized spacial score (nSPS) is 18.3. The van der Waals surface area contributed by atoms with Gasteiger partial charge >= 0.3 is 0 Å². The van der Waals surface area contributed by atoms with Crippen LogP contribution in [-0.4, -0.2) is 51.2 Å². The van der Waals surface area contributed by atoms with E-state index in [0.717, 1.165) is 5.56 Å². The van der Waals surface area contributed by atoms with E-state index in [2.05, 4.69) is 31.8 Å². The van der Waals surface area contributed by atoms with Crippen molar-refractivity contribution in [2.45, 2.75) is 32.2 Å². The van der Waals surface area contributed by atoms with Crippen LogP contribution in [0.15, 0.2) is 35.7 Å². The molecule has 2 aromatic heterocycles. The minimum absolute atomic E-state index is 0.106. The van der Waals surface area contributed by atoms with E-state index in [4.69, 9.17) is 10.5 Å². The molecule has 1 aliphatic heterocycles. The summed E-state index contributed by atoms with van der Waals surface area (Å²) in [6.45, 7) is 3.72. The summed E-state index contributed by atoms with van der Waals surface area (Å²) in [5.41, 5.74) is 6.51. The third-order valence-electron chi connectivity index (χ3n) is 4.70. The van der Waals surface area contributed by atoms with Crippen molar-refractivity contribution in [2.24, 2.45) is 10.7 Å². The molecule has 154 valence electrons. The van der Waals surface area contributed by atoms with Crippen molar-refractivity contribution < 1.29 is 14.3 Å². The monoisotopic (exact) mass is 406 g/mol. The first-order chi connectivity index (χ1) is 14.3. The Morgan fingerprint density at radius 1 is 1.33 bits per heavy atom. The second-order valence-corrected chi connectivity index (χ2v) is 6.98. The third kappa shape index (κ3) is 4.60. The van der Waals surface area contributed by atoms with Gasteiger partial charge in [-0.15, -0.1) is 5.92 Å². The van der Waals surface area contributed by atoms with Crippen LogP contribution in [0.3, 0.4) is 0 Å². The van der Waals surface area contributed by atoms with Gasteiger partial charge in [0.25, 0.3) is 0 Å². The fraction of sp³-hybridized carbons (Fsp3) is 0.333. The first kappa shape index (κ1) is 20.9. The number of nitrogens with zero attached hydrogens (tertiary/aromatic N) is 5. The number of guanidine groups is 1. The van der Waals surface area contributed by atoms with Crippen LogP contribution in [-0.2, 0) is 16.8 Å². The van der Waals surface area contributed by atoms with Gasteiger partial charge in [-0.1, -0.05) is 5.92 Å². The largest absolute Gasteiger partial charge is 0.463 e. The van der Waals surface area contributed by atoms with E-state index in [-0.39, 0.29) is 42.8 Å². The average Bonchev–Trinajstić information content (AvgIpc) is 2.73. The lowest BCUT2D eigenvalue weighted by atomic mass is 9.90. The fourth-order valence-electron chi connectivity index (χ4n) is 2.93. The van der Waals surface area contributed by atoms with Gasteiger partial charge in [-0.2, -0.15) is 0 Å². The van der Waals surface area contributed by atoms with Crippen molar-refractivity contribution in [2.75, 3.05) is 13.7 Å². The van der Waals surface area contributed by atoms with Gasteiger partial charge in [0.05, 0.1) is 24.5 Å². The number of carbonyl (C=O) groups is 2. The predicted molar refractivity (Wildman–Crippen MR) is 110 cm³/mol. The molecule has 0 radical (unpaired) electrons. The number of amides is 1. The number of pyridine rings is 1. The highest BCUT2D eigenvalue weighted by molar-refractivity contribution is 5.98. The zero-order chi connectivity index (χ0) is 21.7. The molecule has 9 nitrogen and oxygen atoms in total. The summed E-state index contributed by atoms with van der Waals surface area (Å²) in [4.78, 5) is 43.1. The minimum atomic E-state index is -0.882. The Labute approximate surface area is 174 Å². The Morgan fingerprint density at radius 3 is 2.80 bits per heavy atom. The van der Waals surface area contributed by atoms with E-state index in [1.807, 2.05) is 0 Å². The Morgan fingerprint density at radius 2 is 2.13 bits per heavy atom. The maximum atomic E-state index is 12.6. The van der Waals surface area contributed by atoms with Gasteiger partial charge in [-0.05, 0) is 31.5 Å². The molecule has 0 bridgehead atoms. The van der Waals surface area contributed by atoms with Crippen LogP contribution in [0.2, 0.25) is 0 Å². The first-order valence-electron chi connectivity index (χ1n) is 9.27. The number of hydrogen-bond acceptors (Lipinski definition) is 8. The second-order valence-electron chi connectivity index (χ2n) is 6.98. The Hall–Kier alpha value is -3.80. The van der Waals surface area contributed by atoms with Gasteiger partial charge in [-0.25, -0.2) is 15.0 Å². The number of aliphatic imine (C=N–C) groups is 1. The quantitative estimate of drug-likeness (QED) is 0.562. The lowest BCUT2D eigenvalue weighted by Gasteiger charge is -2.32. The van der Waals surface area contributed by atoms with Crippen LogP contribution < -0.4 is 10.5 Å². The molecular formula is C21H22N6O3. The molecule has 1 unspecified atom stereocenters. The zero-order valence-corrected chi connectivity index (χ0v) is 17.0. The standard InChI is InChI=1S/C21H22N6O3/c1-4-5-8-30-18-13-24-15(12-25-18)16(28)9-14-6-7-23-17(10-14)21(2)11-19(29)27(3)20(22)26-21/h6-7,10,12-13H,8-9,11H2,1-3H3,(H2,22,26). The number of nitrogens with two attached hydrogens (primary N) is 1. The van der Waals surface area contributed by atoms with Crippen LogP contribution in [0.5, 0.6) is 5.88 Å². The maximum Gasteiger partial charge on any atom is 0.233 e. The Bertz CT molecular complexity index is 1050. The van der Waals surface area contributed by atoms with Crippen molar-refractivity contribution in [3.63, 3.8) is 0 Å². The molecule has 0 spiro atoms. The first-order valence-corrected chi connectivity index (χ1v) is 9.27. The Balaban J connectivity index is 1.74. The number of hydrogen-bond donors (Lipinski definition) is 1. The lowest BCUT2D eigenvalue weighted by Crippen LogP contribution is -2.47. The molecule has 0 aromatic carbocycles. The summed E-state index contributed by atoms with van der Waals surface area (Å²) in [5.74, 6) is 5.57. The van der Waals surface area contributed by atoms with Crippen LogP contribution in [0.4, 0.5) is 0 Å². The summed E-state index contributed by atoms with van der Waals surface area (Å²) >= 11 is 0. The van der Waals surface area contributed by atoms with Gasteiger partial charge in [0.2, 0.25) is 11.8 Å². The van der Waals surface area contributed by atoms with Crippen molar-refractivity contribution in [3.05, 3.63) is 47.7 Å². The number of ether oxygens (including phenoxy) is 1. The molecule has 30 heavy (non-hydrogen) atoms. The summed E-state index contributed by atoms with van der Waals surface area (Å²) < 4.78 is 5.30. The van der Waals surface area contributed by atoms with Crippen molar-refractivity contribution in [1.82, 2.24) is 19.9 Å². The number of ketones is 1. The summed E-state index contributed by atoms with van der Waals surface area (Å²) in [5, 5.41) is 0. The molecule has 9 heteroatoms. The van der Waals surface area contributed by atoms with E-state index in [0.29, 0.717) is 11.6 Å². The van der Waals surface area contributed by atoms with Crippen LogP contribution >= 0.6 is 0 Å². The highest BCUT2D eigenvalue weighted by Gasteiger charge is 2.37. The van der Waals surface area contributed by atoms with E-state index >= 15 is 0 Å². The molecule has 3 heterocycles. The predicted octanol–water partition coefficient (Wildman–Crippen LogP) is 1.09. The average molecular weight is 406 g/mol. The lowest BCUT2D eigenvalue weighted by molar-refractivity contribution is -0.128. The molecule has 0 aliphatic carbocycles. The van der Waals surface area contributed by atoms with E-state index in [9.17, 15) is 9.59 Å². The highest BCUT2D eigenvalue weighted by Crippen LogP contribution is 2.31. The van der Waals surface area contributed by atoms with Crippen LogP contribution in [0.25, 0.3) is 0 Å². The van der Waals surface area contributed by atoms with Crippen molar-refractivity contribution in [1.29, 1.82) is 0 Å². The molecule has 0 saturated heterocycles. The van der Waals surface area contributed by atoms with Gasteiger partial charge < -0.3 is 10.5 Å². The number of carbonyl (C=O) groups excluding carboxylic acids is 2. The van der Waals surface area contributed by atoms with E-state index < -0.39 is 5.54 Å².